The molecular formula is C67H36N2O3-2. The van der Waals surface area contributed by atoms with E-state index in [1.165, 1.54) is 44.2 Å². The van der Waals surface area contributed by atoms with Gasteiger partial charge in [0.2, 0.25) is 0 Å². The van der Waals surface area contributed by atoms with Crippen LogP contribution >= 0.6 is 0 Å². The quantitative estimate of drug-likeness (QED) is 0.180. The Morgan fingerprint density at radius 3 is 1.07 bits per heavy atom. The van der Waals surface area contributed by atoms with Crippen molar-refractivity contribution < 1.29 is 15.0 Å². The fraction of sp³-hybridized carbons (Fsp3) is 0.0299. The summed E-state index contributed by atoms with van der Waals surface area (Å²) in [6, 6.07) is 68.5. The molecule has 2 spiro atoms. The van der Waals surface area contributed by atoms with Crippen molar-refractivity contribution in [2.45, 2.75) is 10.8 Å². The van der Waals surface area contributed by atoms with Crippen LogP contribution in [0.25, 0.3) is 88.3 Å². The molecule has 7 aliphatic rings. The summed E-state index contributed by atoms with van der Waals surface area (Å²) in [5.74, 6) is -2.21. The number of nitrogens with one attached hydrogen (secondary N) is 2. The fourth-order valence-electron chi connectivity index (χ4n) is 14.4. The molecule has 2 N–H and O–H groups in total. The molecule has 10 aromatic rings. The van der Waals surface area contributed by atoms with E-state index in [4.69, 9.17) is 0 Å². The molecule has 17 rings (SSSR count). The number of benzene rings is 10. The highest BCUT2D eigenvalue weighted by molar-refractivity contribution is 6.22. The molecule has 0 aromatic heterocycles. The first-order valence-electron chi connectivity index (χ1n) is 24.6. The van der Waals surface area contributed by atoms with Gasteiger partial charge in [0.25, 0.3) is 0 Å². The monoisotopic (exact) mass is 916 g/mol. The van der Waals surface area contributed by atoms with E-state index in [1.54, 1.807) is 12.2 Å². The van der Waals surface area contributed by atoms with Crippen molar-refractivity contribution in [3.8, 4) is 66.8 Å². The summed E-state index contributed by atoms with van der Waals surface area (Å²) in [5, 5.41) is 42.6. The predicted molar refractivity (Wildman–Crippen MR) is 283 cm³/mol. The summed E-state index contributed by atoms with van der Waals surface area (Å²) < 4.78 is 0. The summed E-state index contributed by atoms with van der Waals surface area (Å²) in [5.41, 5.74) is 21.0. The first-order chi connectivity index (χ1) is 35.5. The van der Waals surface area contributed by atoms with Gasteiger partial charge >= 0.3 is 0 Å². The van der Waals surface area contributed by atoms with Gasteiger partial charge in [-0.15, -0.1) is 0 Å². The van der Waals surface area contributed by atoms with Crippen LogP contribution in [-0.2, 0) is 15.6 Å². The van der Waals surface area contributed by atoms with Crippen LogP contribution in [0.2, 0.25) is 0 Å². The number of carbonyl (C=O) groups excluding carboxylic acids is 1. The Kier molecular flexibility index (Phi) is 6.96. The van der Waals surface area contributed by atoms with Crippen LogP contribution < -0.4 is 20.8 Å². The molecule has 0 saturated heterocycles. The van der Waals surface area contributed by atoms with E-state index in [-0.39, 0.29) is 11.1 Å². The second-order valence-electron chi connectivity index (χ2n) is 20.1. The van der Waals surface area contributed by atoms with Gasteiger partial charge in [0.1, 0.15) is 0 Å². The number of rotatable bonds is 2. The second-order valence-corrected chi connectivity index (χ2v) is 20.1. The maximum absolute atomic E-state index is 15.5. The number of carbonyl (C=O) groups is 1. The average Bonchev–Trinajstić information content (AvgIpc) is 4.28. The lowest BCUT2D eigenvalue weighted by molar-refractivity contribution is -0.308. The maximum atomic E-state index is 15.5. The third kappa shape index (κ3) is 4.26. The van der Waals surface area contributed by atoms with Crippen LogP contribution in [0.4, 0.5) is 11.4 Å². The van der Waals surface area contributed by atoms with E-state index in [1.807, 2.05) is 0 Å². The minimum Gasteiger partial charge on any atom is -0.872 e. The molecule has 5 nitrogen and oxygen atoms in total. The Morgan fingerprint density at radius 2 is 0.667 bits per heavy atom. The van der Waals surface area contributed by atoms with Gasteiger partial charge < -0.3 is 20.8 Å². The maximum Gasteiger partial charge on any atom is 0.178 e. The highest BCUT2D eigenvalue weighted by Crippen LogP contribution is 2.66. The van der Waals surface area contributed by atoms with Gasteiger partial charge in [0.05, 0.1) is 22.2 Å². The lowest BCUT2D eigenvalue weighted by Crippen LogP contribution is -2.28. The zero-order valence-electron chi connectivity index (χ0n) is 38.4. The van der Waals surface area contributed by atoms with Crippen molar-refractivity contribution in [2.75, 3.05) is 10.6 Å². The van der Waals surface area contributed by atoms with E-state index in [2.05, 4.69) is 205 Å². The number of Topliss-reactive ketones (excluding diaryl/α,β-unsaturated/α-hetero) is 1. The largest absolute Gasteiger partial charge is 0.872 e. The van der Waals surface area contributed by atoms with Crippen LogP contribution in [0.15, 0.2) is 240 Å². The Bertz CT molecular complexity index is 4360. The smallest absolute Gasteiger partial charge is 0.178 e. The third-order valence-corrected chi connectivity index (χ3v) is 17.1. The van der Waals surface area contributed by atoms with E-state index < -0.39 is 28.1 Å². The van der Waals surface area contributed by atoms with Gasteiger partial charge in [0, 0.05) is 27.7 Å². The van der Waals surface area contributed by atoms with Crippen molar-refractivity contribution in [2.24, 2.45) is 0 Å². The molecule has 0 unspecified atom stereocenters. The molecule has 5 aliphatic carbocycles. The van der Waals surface area contributed by atoms with Gasteiger partial charge in [-0.25, -0.2) is 0 Å². The minimum absolute atomic E-state index is 0.147. The summed E-state index contributed by atoms with van der Waals surface area (Å²) in [7, 11) is 0. The molecule has 72 heavy (non-hydrogen) atoms. The van der Waals surface area contributed by atoms with E-state index in [0.29, 0.717) is 11.4 Å². The molecule has 2 aliphatic heterocycles. The van der Waals surface area contributed by atoms with Crippen LogP contribution in [0.3, 0.4) is 0 Å². The molecule has 10 aromatic carbocycles. The molecule has 5 heteroatoms. The van der Waals surface area contributed by atoms with Gasteiger partial charge in [-0.1, -0.05) is 194 Å². The normalized spacial score (nSPS) is 17.7. The highest BCUT2D eigenvalue weighted by Gasteiger charge is 2.55. The molecular weight excluding hydrogens is 881 g/mol. The summed E-state index contributed by atoms with van der Waals surface area (Å²) in [6.07, 6.45) is 3.42. The van der Waals surface area contributed by atoms with Crippen LogP contribution in [0, 0.1) is 0 Å². The molecule has 2 heterocycles. The fourth-order valence-corrected chi connectivity index (χ4v) is 14.4. The van der Waals surface area contributed by atoms with Gasteiger partial charge in [-0.2, -0.15) is 0 Å². The third-order valence-electron chi connectivity index (χ3n) is 17.1. The molecule has 0 saturated carbocycles. The first-order valence-corrected chi connectivity index (χ1v) is 24.6. The van der Waals surface area contributed by atoms with Crippen LogP contribution in [0.5, 0.6) is 0 Å². The highest BCUT2D eigenvalue weighted by atomic mass is 16.3. The molecule has 0 bridgehead atoms. The summed E-state index contributed by atoms with van der Waals surface area (Å²) in [4.78, 5) is 14.9. The zero-order valence-corrected chi connectivity index (χ0v) is 38.4. The van der Waals surface area contributed by atoms with E-state index in [0.717, 1.165) is 88.9 Å². The number of anilines is 2. The Hall–Kier alpha value is -9.45. The number of hydrogen-bond acceptors (Lipinski definition) is 5. The van der Waals surface area contributed by atoms with Crippen LogP contribution in [-0.4, -0.2) is 5.78 Å². The Morgan fingerprint density at radius 1 is 0.333 bits per heavy atom. The van der Waals surface area contributed by atoms with Crippen molar-refractivity contribution in [3.63, 3.8) is 0 Å². The van der Waals surface area contributed by atoms with Crippen molar-refractivity contribution >= 4 is 38.7 Å². The van der Waals surface area contributed by atoms with Crippen molar-refractivity contribution in [1.82, 2.24) is 0 Å². The lowest BCUT2D eigenvalue weighted by Gasteiger charge is -2.31. The predicted octanol–water partition coefficient (Wildman–Crippen LogP) is 13.0. The number of hydrogen-bond donors (Lipinski definition) is 2. The van der Waals surface area contributed by atoms with Crippen molar-refractivity contribution in [3.05, 3.63) is 274 Å². The Balaban J connectivity index is 0.904. The SMILES string of the molecule is O=C1C([O-])=C(/C=C2\Nc3c(cc4c5c(cccc35)-c3ccccc3-4)C23c2ccccc2-c2ccccc23)C([O-])=C1/C=C1\Nc2c(cc3c4c(cccc24)-c2ccccc2-3)C12c1ccccc1-c1ccccc12. The number of ketones is 1. The van der Waals surface area contributed by atoms with Gasteiger partial charge in [-0.05, 0) is 141 Å². The second kappa shape index (κ2) is 13.0. The van der Waals surface area contributed by atoms with E-state index >= 15 is 5.11 Å². The van der Waals surface area contributed by atoms with Gasteiger partial charge in [0.15, 0.2) is 5.78 Å². The molecule has 0 radical (unpaired) electrons. The van der Waals surface area contributed by atoms with E-state index in [9.17, 15) is 9.90 Å². The minimum atomic E-state index is -0.935. The average molecular weight is 917 g/mol. The van der Waals surface area contributed by atoms with Crippen molar-refractivity contribution in [1.29, 1.82) is 0 Å². The molecule has 0 atom stereocenters. The lowest BCUT2D eigenvalue weighted by atomic mass is 9.70. The molecule has 0 fully saturated rings. The number of fused-ring (bicyclic) bond motifs is 22. The molecule has 0 amide bonds. The first kappa shape index (κ1) is 38.4. The molecule has 334 valence electrons. The zero-order chi connectivity index (χ0) is 47.4. The topological polar surface area (TPSA) is 87.2 Å². The van der Waals surface area contributed by atoms with Gasteiger partial charge in [-0.3, -0.25) is 4.79 Å². The standard InChI is InChI=1S/C67H38N2O3/c70-63-49(33-57-66(51-27-9-5-19-39(51)40-20-6-10-28-52(40)66)55-31-47-37-17-3-1-15-35(37)43-23-13-25-45(59(43)47)61(55)68-57)64(71)65(72)50(63)34-58-67(53-29-11-7-21-41(53)42-22-8-12-30-54(42)67)56-32-48-38-18-4-2-16-36(38)44-24-14-26-46(60(44)48)62(56)69-58/h1-34,68-70H,(H,71,72)/p-2/b57-33-,58-34-. The van der Waals surface area contributed by atoms with Crippen LogP contribution in [0.1, 0.15) is 33.4 Å². The Labute approximate surface area is 413 Å². The summed E-state index contributed by atoms with van der Waals surface area (Å²) >= 11 is 0. The number of allylic oxidation sites excluding steroid dienone is 5. The summed E-state index contributed by atoms with van der Waals surface area (Å²) in [6.45, 7) is 0.